The van der Waals surface area contributed by atoms with Crippen molar-refractivity contribution in [1.82, 2.24) is 14.7 Å². The molecule has 3 amide bonds. The number of carbonyl (C=O) groups excluding carboxylic acids is 3. The molecule has 2 aromatic rings. The number of piperidine rings is 1. The van der Waals surface area contributed by atoms with Crippen LogP contribution >= 0.6 is 0 Å². The Bertz CT molecular complexity index is 1070. The van der Waals surface area contributed by atoms with Crippen LogP contribution in [0.4, 0.5) is 0 Å². The lowest BCUT2D eigenvalue weighted by atomic mass is 9.95. The smallest absolute Gasteiger partial charge is 0.242 e. The highest BCUT2D eigenvalue weighted by molar-refractivity contribution is 5.86. The quantitative estimate of drug-likeness (QED) is 0.549. The first-order valence-electron chi connectivity index (χ1n) is 13.0. The van der Waals surface area contributed by atoms with Crippen molar-refractivity contribution in [2.45, 2.75) is 38.9 Å². The summed E-state index contributed by atoms with van der Waals surface area (Å²) in [5.41, 5.74) is 2.14. The van der Waals surface area contributed by atoms with Crippen molar-refractivity contribution in [3.05, 3.63) is 65.7 Å². The first-order valence-corrected chi connectivity index (χ1v) is 13.0. The van der Waals surface area contributed by atoms with Crippen LogP contribution in [-0.4, -0.2) is 84.9 Å². The third-order valence-corrected chi connectivity index (χ3v) is 7.26. The Morgan fingerprint density at radius 1 is 0.946 bits per heavy atom. The largest absolute Gasteiger partial charge is 0.497 e. The second-order valence-corrected chi connectivity index (χ2v) is 9.86. The van der Waals surface area contributed by atoms with E-state index in [0.717, 1.165) is 17.7 Å². The highest BCUT2D eigenvalue weighted by Crippen LogP contribution is 2.22. The van der Waals surface area contributed by atoms with E-state index in [2.05, 4.69) is 12.1 Å². The lowest BCUT2D eigenvalue weighted by molar-refractivity contribution is -0.143. The molecule has 0 radical (unpaired) electrons. The molecule has 37 heavy (non-hydrogen) atoms. The van der Waals surface area contributed by atoms with Crippen molar-refractivity contribution >= 4 is 17.7 Å². The van der Waals surface area contributed by atoms with Crippen LogP contribution in [0.3, 0.4) is 0 Å². The number of ether oxygens (including phenoxy) is 2. The molecule has 2 heterocycles. The van der Waals surface area contributed by atoms with E-state index < -0.39 is 0 Å². The molecular formula is C29H37N3O5. The van der Waals surface area contributed by atoms with Crippen molar-refractivity contribution in [3.63, 3.8) is 0 Å². The van der Waals surface area contributed by atoms with Gasteiger partial charge in [0.05, 0.1) is 26.4 Å². The maximum atomic E-state index is 13.5. The van der Waals surface area contributed by atoms with E-state index >= 15 is 0 Å². The molecule has 0 saturated carbocycles. The minimum absolute atomic E-state index is 0.0172. The van der Waals surface area contributed by atoms with Gasteiger partial charge in [0.1, 0.15) is 5.75 Å². The minimum Gasteiger partial charge on any atom is -0.497 e. The Hall–Kier alpha value is -3.39. The van der Waals surface area contributed by atoms with Gasteiger partial charge in [-0.1, -0.05) is 42.5 Å². The van der Waals surface area contributed by atoms with Crippen LogP contribution in [-0.2, 0) is 32.1 Å². The molecule has 0 bridgehead atoms. The Labute approximate surface area is 219 Å². The summed E-state index contributed by atoms with van der Waals surface area (Å²) < 4.78 is 11.6. The number of likely N-dealkylation sites (tertiary alicyclic amines) is 1. The number of amides is 3. The van der Waals surface area contributed by atoms with Gasteiger partial charge in [0, 0.05) is 45.6 Å². The summed E-state index contributed by atoms with van der Waals surface area (Å²) in [6.07, 6.45) is 1.67. The van der Waals surface area contributed by atoms with Gasteiger partial charge in [-0.15, -0.1) is 0 Å². The molecule has 4 rings (SSSR count). The van der Waals surface area contributed by atoms with Crippen molar-refractivity contribution in [3.8, 4) is 5.75 Å². The van der Waals surface area contributed by atoms with Crippen molar-refractivity contribution < 1.29 is 23.9 Å². The van der Waals surface area contributed by atoms with Crippen molar-refractivity contribution in [1.29, 1.82) is 0 Å². The average Bonchev–Trinajstić information content (AvgIpc) is 3.09. The molecule has 2 aliphatic heterocycles. The summed E-state index contributed by atoms with van der Waals surface area (Å²) in [5.74, 6) is 0.541. The number of hydrogen-bond donors (Lipinski definition) is 0. The van der Waals surface area contributed by atoms with E-state index in [1.165, 1.54) is 5.56 Å². The Morgan fingerprint density at radius 2 is 1.68 bits per heavy atom. The number of benzene rings is 2. The van der Waals surface area contributed by atoms with Gasteiger partial charge in [-0.3, -0.25) is 14.4 Å². The first kappa shape index (κ1) is 26.7. The molecule has 8 heteroatoms. The van der Waals surface area contributed by atoms with E-state index in [1.54, 1.807) is 23.8 Å². The third-order valence-electron chi connectivity index (χ3n) is 7.26. The van der Waals surface area contributed by atoms with Crippen molar-refractivity contribution in [2.24, 2.45) is 5.92 Å². The normalized spacial score (nSPS) is 19.0. The van der Waals surface area contributed by atoms with Crippen molar-refractivity contribution in [2.75, 3.05) is 46.4 Å². The molecule has 0 aromatic heterocycles. The molecule has 2 saturated heterocycles. The summed E-state index contributed by atoms with van der Waals surface area (Å²) in [5, 5.41) is 0. The number of methoxy groups -OCH3 is 1. The molecular weight excluding hydrogens is 470 g/mol. The van der Waals surface area contributed by atoms with Gasteiger partial charge in [0.25, 0.3) is 0 Å². The van der Waals surface area contributed by atoms with Crippen LogP contribution in [0, 0.1) is 5.92 Å². The molecule has 2 aliphatic rings. The Morgan fingerprint density at radius 3 is 2.38 bits per heavy atom. The van der Waals surface area contributed by atoms with E-state index in [1.807, 2.05) is 47.4 Å². The predicted octanol–water partition coefficient (Wildman–Crippen LogP) is 2.75. The van der Waals surface area contributed by atoms with Crippen LogP contribution in [0.5, 0.6) is 5.75 Å². The molecule has 0 aliphatic carbocycles. The van der Waals surface area contributed by atoms with Crippen LogP contribution < -0.4 is 4.74 Å². The van der Waals surface area contributed by atoms with Gasteiger partial charge in [0.15, 0.2) is 0 Å². The molecule has 2 fully saturated rings. The van der Waals surface area contributed by atoms with Crippen LogP contribution in [0.15, 0.2) is 54.6 Å². The van der Waals surface area contributed by atoms with Crippen LogP contribution in [0.1, 0.15) is 30.9 Å². The van der Waals surface area contributed by atoms with Gasteiger partial charge in [0.2, 0.25) is 17.7 Å². The van der Waals surface area contributed by atoms with E-state index in [9.17, 15) is 14.4 Å². The zero-order valence-electron chi connectivity index (χ0n) is 21.8. The van der Waals surface area contributed by atoms with Crippen LogP contribution in [0.25, 0.3) is 0 Å². The van der Waals surface area contributed by atoms with E-state index in [0.29, 0.717) is 52.2 Å². The van der Waals surface area contributed by atoms with Gasteiger partial charge in [-0.05, 0) is 42.5 Å². The Balaban J connectivity index is 1.45. The lowest BCUT2D eigenvalue weighted by Gasteiger charge is -2.33. The van der Waals surface area contributed by atoms with Gasteiger partial charge < -0.3 is 24.2 Å². The van der Waals surface area contributed by atoms with Gasteiger partial charge in [-0.25, -0.2) is 0 Å². The zero-order chi connectivity index (χ0) is 26.2. The molecule has 0 N–H and O–H groups in total. The summed E-state index contributed by atoms with van der Waals surface area (Å²) in [6.45, 7) is 4.50. The second kappa shape index (κ2) is 12.7. The highest BCUT2D eigenvalue weighted by atomic mass is 16.5. The molecule has 198 valence electrons. The van der Waals surface area contributed by atoms with E-state index in [4.69, 9.17) is 9.47 Å². The highest BCUT2D eigenvalue weighted by Gasteiger charge is 2.35. The maximum absolute atomic E-state index is 13.5. The SMILES string of the molecule is COc1cccc(CO[C@H]2CN(CCc3ccccc3)C(=O)CN(C(=O)C3CCN(C(C)=O)CC3)C2)c1. The predicted molar refractivity (Wildman–Crippen MR) is 140 cm³/mol. The first-order chi connectivity index (χ1) is 17.9. The molecule has 8 nitrogen and oxygen atoms in total. The maximum Gasteiger partial charge on any atom is 0.242 e. The summed E-state index contributed by atoms with van der Waals surface area (Å²) >= 11 is 0. The molecule has 0 spiro atoms. The number of rotatable bonds is 8. The molecule has 0 unspecified atom stereocenters. The summed E-state index contributed by atoms with van der Waals surface area (Å²) in [6, 6.07) is 17.8. The molecule has 2 aromatic carbocycles. The zero-order valence-corrected chi connectivity index (χ0v) is 21.8. The molecule has 1 atom stereocenters. The number of hydrogen-bond acceptors (Lipinski definition) is 5. The lowest BCUT2D eigenvalue weighted by Crippen LogP contribution is -2.46. The summed E-state index contributed by atoms with van der Waals surface area (Å²) in [7, 11) is 1.63. The third kappa shape index (κ3) is 7.32. The standard InChI is InChI=1S/C29H37N3O5/c1-22(33)30-15-12-25(13-16-30)29(35)32-19-27(37-21-24-9-6-10-26(17-24)36-2)18-31(28(34)20-32)14-11-23-7-4-3-5-8-23/h3-10,17,25,27H,11-16,18-21H2,1-2H3/t27-/m0/s1. The van der Waals surface area contributed by atoms with Gasteiger partial charge >= 0.3 is 0 Å². The average molecular weight is 508 g/mol. The van der Waals surface area contributed by atoms with E-state index in [-0.39, 0.29) is 36.3 Å². The van der Waals surface area contributed by atoms with Crippen LogP contribution in [0.2, 0.25) is 0 Å². The number of nitrogens with zero attached hydrogens (tertiary/aromatic N) is 3. The second-order valence-electron chi connectivity index (χ2n) is 9.86. The minimum atomic E-state index is -0.310. The monoisotopic (exact) mass is 507 g/mol. The fourth-order valence-corrected chi connectivity index (χ4v) is 5.05. The fourth-order valence-electron chi connectivity index (χ4n) is 5.05. The summed E-state index contributed by atoms with van der Waals surface area (Å²) in [4.78, 5) is 43.8. The Kier molecular flexibility index (Phi) is 9.17. The number of carbonyl (C=O) groups is 3. The topological polar surface area (TPSA) is 79.4 Å². The fraction of sp³-hybridized carbons (Fsp3) is 0.483. The van der Waals surface area contributed by atoms with Gasteiger partial charge in [-0.2, -0.15) is 0 Å².